The summed E-state index contributed by atoms with van der Waals surface area (Å²) in [6, 6.07) is 8.58. The van der Waals surface area contributed by atoms with Gasteiger partial charge in [0.05, 0.1) is 12.6 Å². The second-order valence-electron chi connectivity index (χ2n) is 13.0. The number of hydrogen-bond acceptors (Lipinski definition) is 7. The summed E-state index contributed by atoms with van der Waals surface area (Å²) in [6.45, 7) is 1.40. The Balaban J connectivity index is 1.27. The van der Waals surface area contributed by atoms with E-state index in [-0.39, 0.29) is 42.6 Å². The molecule has 3 heterocycles. The van der Waals surface area contributed by atoms with E-state index in [0.717, 1.165) is 51.4 Å². The van der Waals surface area contributed by atoms with Gasteiger partial charge in [-0.1, -0.05) is 62.4 Å². The van der Waals surface area contributed by atoms with Crippen molar-refractivity contribution in [2.24, 2.45) is 17.6 Å². The Morgan fingerprint density at radius 2 is 1.83 bits per heavy atom. The number of piperazine rings is 1. The van der Waals surface area contributed by atoms with Crippen LogP contribution in [0.3, 0.4) is 0 Å². The maximum absolute atomic E-state index is 13.9. The number of nitrogens with two attached hydrogens (primary N) is 1. The highest BCUT2D eigenvalue weighted by Crippen LogP contribution is 2.31. The zero-order valence-electron chi connectivity index (χ0n) is 26.6. The van der Waals surface area contributed by atoms with Crippen molar-refractivity contribution in [1.29, 1.82) is 5.41 Å². The van der Waals surface area contributed by atoms with E-state index in [4.69, 9.17) is 11.1 Å². The summed E-state index contributed by atoms with van der Waals surface area (Å²) in [6.07, 6.45) is 11.2. The first-order valence-electron chi connectivity index (χ1n) is 16.7. The Bertz CT molecular complexity index is 1350. The zero-order chi connectivity index (χ0) is 32.5. The van der Waals surface area contributed by atoms with Gasteiger partial charge < -0.3 is 25.8 Å². The van der Waals surface area contributed by atoms with Gasteiger partial charge in [0.15, 0.2) is 11.0 Å². The predicted octanol–water partition coefficient (Wildman–Crippen LogP) is 3.45. The number of aryl methyl sites for hydroxylation is 1. The van der Waals surface area contributed by atoms with Crippen molar-refractivity contribution in [3.8, 4) is 0 Å². The Morgan fingerprint density at radius 1 is 1.07 bits per heavy atom. The van der Waals surface area contributed by atoms with E-state index in [1.807, 2.05) is 18.2 Å². The molecule has 1 aromatic heterocycles. The van der Waals surface area contributed by atoms with Gasteiger partial charge in [0.25, 0.3) is 0 Å². The van der Waals surface area contributed by atoms with Crippen molar-refractivity contribution in [2.75, 3.05) is 32.7 Å². The molecule has 12 heteroatoms. The van der Waals surface area contributed by atoms with Gasteiger partial charge in [-0.25, -0.2) is 4.98 Å². The topological polar surface area (TPSA) is 153 Å². The maximum Gasteiger partial charge on any atom is 0.245 e. The summed E-state index contributed by atoms with van der Waals surface area (Å²) in [5.41, 5.74) is 6.94. The average Bonchev–Trinajstić information content (AvgIpc) is 3.61. The smallest absolute Gasteiger partial charge is 0.245 e. The number of likely N-dealkylation sites (tertiary alicyclic amines) is 1. The molecule has 3 fully saturated rings. The molecule has 3 atom stereocenters. The third-order valence-corrected chi connectivity index (χ3v) is 10.5. The van der Waals surface area contributed by atoms with E-state index in [9.17, 15) is 19.2 Å². The van der Waals surface area contributed by atoms with Crippen LogP contribution in [0.5, 0.6) is 0 Å². The van der Waals surface area contributed by atoms with Crippen molar-refractivity contribution in [3.05, 3.63) is 52.5 Å². The maximum atomic E-state index is 13.9. The Morgan fingerprint density at radius 3 is 2.54 bits per heavy atom. The van der Waals surface area contributed by atoms with Gasteiger partial charge in [-0.3, -0.25) is 24.6 Å². The highest BCUT2D eigenvalue weighted by molar-refractivity contribution is 7.11. The Labute approximate surface area is 275 Å². The molecule has 0 unspecified atom stereocenters. The lowest BCUT2D eigenvalue weighted by atomic mass is 9.83. The number of benzene rings is 1. The number of nitrogens with one attached hydrogen (secondary N) is 2. The number of nitrogens with zero attached hydrogens (tertiary/aromatic N) is 4. The van der Waals surface area contributed by atoms with Crippen LogP contribution < -0.4 is 11.1 Å². The number of amides is 3. The molecule has 1 aromatic carbocycles. The number of rotatable bonds is 13. The molecule has 3 aliphatic rings. The molecule has 0 spiro atoms. The quantitative estimate of drug-likeness (QED) is 0.171. The molecular formula is C34H47N7O4S. The van der Waals surface area contributed by atoms with Crippen LogP contribution in [0, 0.1) is 17.2 Å². The molecule has 0 radical (unpaired) electrons. The van der Waals surface area contributed by atoms with Crippen molar-refractivity contribution < 1.29 is 19.2 Å². The van der Waals surface area contributed by atoms with Gasteiger partial charge in [0.2, 0.25) is 23.5 Å². The number of guanidine groups is 1. The summed E-state index contributed by atoms with van der Waals surface area (Å²) in [7, 11) is 0. The van der Waals surface area contributed by atoms with E-state index in [2.05, 4.69) is 22.4 Å². The first kappa shape index (κ1) is 33.6. The third-order valence-electron chi connectivity index (χ3n) is 9.67. The first-order chi connectivity index (χ1) is 22.3. The molecule has 5 rings (SSSR count). The number of carbonyl (C=O) groups is 4. The molecule has 4 N–H and O–H groups in total. The number of ketones is 1. The van der Waals surface area contributed by atoms with Crippen LogP contribution in [0.15, 0.2) is 41.9 Å². The van der Waals surface area contributed by atoms with Gasteiger partial charge in [0, 0.05) is 31.2 Å². The lowest BCUT2D eigenvalue weighted by molar-refractivity contribution is -0.158. The van der Waals surface area contributed by atoms with Gasteiger partial charge in [-0.2, -0.15) is 0 Å². The van der Waals surface area contributed by atoms with Gasteiger partial charge in [-0.05, 0) is 55.9 Å². The van der Waals surface area contributed by atoms with Crippen molar-refractivity contribution >= 4 is 40.8 Å². The number of aromatic nitrogens is 1. The summed E-state index contributed by atoms with van der Waals surface area (Å²) in [5, 5.41) is 12.8. The highest BCUT2D eigenvalue weighted by Gasteiger charge is 2.41. The second kappa shape index (κ2) is 16.2. The summed E-state index contributed by atoms with van der Waals surface area (Å²) in [4.78, 5) is 63.8. The van der Waals surface area contributed by atoms with Crippen LogP contribution in [-0.2, 0) is 20.8 Å². The largest absolute Gasteiger partial charge is 0.370 e. The summed E-state index contributed by atoms with van der Waals surface area (Å²) < 4.78 is 0. The molecule has 2 aromatic rings. The van der Waals surface area contributed by atoms with Crippen LogP contribution in [0.25, 0.3) is 0 Å². The van der Waals surface area contributed by atoms with E-state index in [1.165, 1.54) is 28.2 Å². The normalized spacial score (nSPS) is 21.7. The molecule has 11 nitrogen and oxygen atoms in total. The monoisotopic (exact) mass is 649 g/mol. The van der Waals surface area contributed by atoms with Crippen LogP contribution in [-0.4, -0.2) is 94.0 Å². The lowest BCUT2D eigenvalue weighted by Crippen LogP contribution is -2.62. The van der Waals surface area contributed by atoms with Crippen molar-refractivity contribution in [2.45, 2.75) is 82.7 Å². The summed E-state index contributed by atoms with van der Waals surface area (Å²) >= 11 is 1.22. The fourth-order valence-corrected chi connectivity index (χ4v) is 7.88. The van der Waals surface area contributed by atoms with E-state index in [0.29, 0.717) is 43.4 Å². The predicted molar refractivity (Wildman–Crippen MR) is 177 cm³/mol. The minimum Gasteiger partial charge on any atom is -0.370 e. The van der Waals surface area contributed by atoms with Crippen LogP contribution >= 0.6 is 11.3 Å². The van der Waals surface area contributed by atoms with Crippen LogP contribution in [0.1, 0.15) is 79.6 Å². The molecular weight excluding hydrogens is 602 g/mol. The fourth-order valence-electron chi connectivity index (χ4n) is 7.25. The Hall–Kier alpha value is -3.80. The molecule has 3 amide bonds. The molecule has 1 saturated carbocycles. The van der Waals surface area contributed by atoms with E-state index < -0.39 is 18.0 Å². The Kier molecular flexibility index (Phi) is 11.8. The number of hydrogen-bond donors (Lipinski definition) is 3. The van der Waals surface area contributed by atoms with Gasteiger partial charge in [0.1, 0.15) is 12.6 Å². The van der Waals surface area contributed by atoms with E-state index in [1.54, 1.807) is 21.4 Å². The number of Topliss-reactive ketones (excluding diaryl/α,β-unsaturated/α-hetero) is 1. The molecule has 2 saturated heterocycles. The highest BCUT2D eigenvalue weighted by atomic mass is 32.1. The second-order valence-corrected chi connectivity index (χ2v) is 13.9. The zero-order valence-corrected chi connectivity index (χ0v) is 27.4. The average molecular weight is 650 g/mol. The van der Waals surface area contributed by atoms with Crippen LogP contribution in [0.2, 0.25) is 0 Å². The number of carbonyl (C=O) groups excluding carboxylic acids is 4. The SMILES string of the molecule is N=C(N)N1CCC[C@@H](C[C@H](NC(=O)CN2C(=O)CN(CCCc3ccccc3)C(=O)[C@@H]2CC2CCCCC2)C(=O)c2nccs2)C1. The first-order valence-corrected chi connectivity index (χ1v) is 17.6. The third kappa shape index (κ3) is 8.92. The number of thiazole rings is 1. The van der Waals surface area contributed by atoms with Gasteiger partial charge >= 0.3 is 0 Å². The molecule has 248 valence electrons. The van der Waals surface area contributed by atoms with Crippen molar-refractivity contribution in [1.82, 2.24) is 25.0 Å². The molecule has 0 bridgehead atoms. The fraction of sp³-hybridized carbons (Fsp3) is 0.588. The molecule has 46 heavy (non-hydrogen) atoms. The van der Waals surface area contributed by atoms with E-state index >= 15 is 0 Å². The standard InChI is InChI=1S/C34H47N7O4S/c35-34(36)40-17-8-14-26(21-40)19-27(31(44)32-37-15-18-46-32)38-29(42)22-41-28(20-25-11-5-2-6-12-25)33(45)39(23-30(41)43)16-7-13-24-9-3-1-4-10-24/h1,3-4,9-10,15,18,25-28H,2,5-8,11-14,16-17,19-23H2,(H3,35,36)(H,38,42)/t26-,27-,28-/m0/s1. The molecule has 1 aliphatic carbocycles. The minimum atomic E-state index is -0.836. The molecule has 2 aliphatic heterocycles. The van der Waals surface area contributed by atoms with Crippen LogP contribution in [0.4, 0.5) is 0 Å². The lowest BCUT2D eigenvalue weighted by Gasteiger charge is -2.42. The number of piperidine rings is 1. The minimum absolute atomic E-state index is 0.00271. The van der Waals surface area contributed by atoms with Gasteiger partial charge in [-0.15, -0.1) is 11.3 Å². The summed E-state index contributed by atoms with van der Waals surface area (Å²) in [5.74, 6) is -0.666. The van der Waals surface area contributed by atoms with Crippen molar-refractivity contribution in [3.63, 3.8) is 0 Å².